The van der Waals surface area contributed by atoms with Gasteiger partial charge >= 0.3 is 7.68 Å². The molecule has 3 rings (SSSR count). The lowest BCUT2D eigenvalue weighted by atomic mass is 10.2. The van der Waals surface area contributed by atoms with Gasteiger partial charge in [-0.05, 0) is 69.2 Å². The minimum Gasteiger partial charge on any atom is -0.492 e. The molecule has 0 bridgehead atoms. The first kappa shape index (κ1) is 29.2. The van der Waals surface area contributed by atoms with Crippen LogP contribution < -0.4 is 19.1 Å². The van der Waals surface area contributed by atoms with Gasteiger partial charge in [-0.3, -0.25) is 4.98 Å². The van der Waals surface area contributed by atoms with Crippen molar-refractivity contribution in [3.8, 4) is 11.5 Å². The SMILES string of the molecule is CCCCOc1ccccc1S(=O)(=O)N(c1cc(C)cc(OCCNc2ccncc2)c1)C(C)(C)P(=O)=O. The zero-order chi connectivity index (χ0) is 27.8. The summed E-state index contributed by atoms with van der Waals surface area (Å²) in [5.74, 6) is 0.593. The second-order valence-corrected chi connectivity index (χ2v) is 12.5. The molecule has 1 aromatic heterocycles. The summed E-state index contributed by atoms with van der Waals surface area (Å²) < 4.78 is 65.6. The molecule has 1 heterocycles. The number of sulfonamides is 1. The van der Waals surface area contributed by atoms with E-state index in [2.05, 4.69) is 10.3 Å². The highest BCUT2D eigenvalue weighted by molar-refractivity contribution is 7.93. The first-order valence-electron chi connectivity index (χ1n) is 12.4. The summed E-state index contributed by atoms with van der Waals surface area (Å²) in [5, 5.41) is 1.43. The van der Waals surface area contributed by atoms with Gasteiger partial charge in [-0.2, -0.15) is 0 Å². The van der Waals surface area contributed by atoms with Crippen LogP contribution in [0.3, 0.4) is 0 Å². The van der Waals surface area contributed by atoms with Gasteiger partial charge in [0.1, 0.15) is 23.0 Å². The maximum absolute atomic E-state index is 14.1. The third-order valence-electron chi connectivity index (χ3n) is 5.72. The van der Waals surface area contributed by atoms with E-state index in [-0.39, 0.29) is 16.3 Å². The van der Waals surface area contributed by atoms with Gasteiger partial charge in [0.25, 0.3) is 10.0 Å². The smallest absolute Gasteiger partial charge is 0.342 e. The molecule has 204 valence electrons. The van der Waals surface area contributed by atoms with Crippen molar-refractivity contribution in [3.05, 3.63) is 72.6 Å². The fourth-order valence-electron chi connectivity index (χ4n) is 3.79. The molecule has 0 aliphatic rings. The average molecular weight is 560 g/mol. The Bertz CT molecular complexity index is 1390. The highest BCUT2D eigenvalue weighted by atomic mass is 32.2. The number of nitrogens with zero attached hydrogens (tertiary/aromatic N) is 2. The van der Waals surface area contributed by atoms with E-state index in [1.165, 1.54) is 26.0 Å². The summed E-state index contributed by atoms with van der Waals surface area (Å²) in [5.41, 5.74) is 1.78. The van der Waals surface area contributed by atoms with Crippen LogP contribution in [-0.4, -0.2) is 38.4 Å². The second kappa shape index (κ2) is 12.9. The molecule has 0 saturated heterocycles. The highest BCUT2D eigenvalue weighted by Crippen LogP contribution is 2.43. The number of nitrogens with one attached hydrogen (secondary N) is 1. The molecule has 9 nitrogen and oxygen atoms in total. The summed E-state index contributed by atoms with van der Waals surface area (Å²) in [7, 11) is -7.56. The third kappa shape index (κ3) is 7.14. The number of anilines is 2. The van der Waals surface area contributed by atoms with Gasteiger partial charge in [-0.15, -0.1) is 0 Å². The summed E-state index contributed by atoms with van der Waals surface area (Å²) >= 11 is 0. The molecule has 1 N–H and O–H groups in total. The average Bonchev–Trinajstić information content (AvgIpc) is 2.87. The van der Waals surface area contributed by atoms with E-state index in [0.717, 1.165) is 22.8 Å². The van der Waals surface area contributed by atoms with Gasteiger partial charge in [-0.1, -0.05) is 25.5 Å². The van der Waals surface area contributed by atoms with Gasteiger partial charge in [0.15, 0.2) is 5.28 Å². The second-order valence-electron chi connectivity index (χ2n) is 9.19. The summed E-state index contributed by atoms with van der Waals surface area (Å²) in [6.45, 7) is 7.66. The lowest BCUT2D eigenvalue weighted by Gasteiger charge is -2.34. The zero-order valence-electron chi connectivity index (χ0n) is 22.1. The number of para-hydroxylation sites is 1. The van der Waals surface area contributed by atoms with Crippen molar-refractivity contribution in [2.75, 3.05) is 29.4 Å². The molecule has 0 radical (unpaired) electrons. The molecule has 11 heteroatoms. The molecular formula is C27H34N3O6PS. The highest BCUT2D eigenvalue weighted by Gasteiger charge is 2.43. The minimum absolute atomic E-state index is 0.105. The number of ether oxygens (including phenoxy) is 2. The van der Waals surface area contributed by atoms with E-state index in [4.69, 9.17) is 9.47 Å². The predicted octanol–water partition coefficient (Wildman–Crippen LogP) is 6.16. The van der Waals surface area contributed by atoms with Crippen molar-refractivity contribution in [2.45, 2.75) is 50.7 Å². The number of rotatable bonds is 14. The summed E-state index contributed by atoms with van der Waals surface area (Å²) in [6.07, 6.45) is 5.00. The van der Waals surface area contributed by atoms with E-state index in [9.17, 15) is 17.5 Å². The molecule has 0 fully saturated rings. The Morgan fingerprint density at radius 1 is 1.00 bits per heavy atom. The lowest BCUT2D eigenvalue weighted by molar-refractivity contribution is 0.301. The van der Waals surface area contributed by atoms with E-state index < -0.39 is 23.0 Å². The summed E-state index contributed by atoms with van der Waals surface area (Å²) in [4.78, 5) is 3.87. The van der Waals surface area contributed by atoms with E-state index >= 15 is 0 Å². The molecule has 0 aliphatic heterocycles. The molecule has 38 heavy (non-hydrogen) atoms. The Morgan fingerprint density at radius 2 is 1.71 bits per heavy atom. The number of aromatic nitrogens is 1. The van der Waals surface area contributed by atoms with Crippen molar-refractivity contribution in [1.82, 2.24) is 4.98 Å². The van der Waals surface area contributed by atoms with E-state index in [0.29, 0.717) is 31.1 Å². The molecule has 0 unspecified atom stereocenters. The standard InChI is InChI=1S/C27H34N3O6PS/c1-5-6-16-36-25-9-7-8-10-26(25)38(33,34)30(27(3,4)37(31)32)23-18-21(2)19-24(20-23)35-17-15-29-22-11-13-28-14-12-22/h7-14,18-20H,5-6,15-17H2,1-4H3,(H,28,29). The van der Waals surface area contributed by atoms with Gasteiger partial charge in [-0.25, -0.2) is 21.9 Å². The molecule has 0 aliphatic carbocycles. The van der Waals surface area contributed by atoms with Crippen molar-refractivity contribution >= 4 is 29.1 Å². The topological polar surface area (TPSA) is 115 Å². The first-order valence-corrected chi connectivity index (χ1v) is 15.0. The predicted molar refractivity (Wildman–Crippen MR) is 148 cm³/mol. The van der Waals surface area contributed by atoms with Gasteiger partial charge in [0.05, 0.1) is 12.3 Å². The van der Waals surface area contributed by atoms with Crippen molar-refractivity contribution in [3.63, 3.8) is 0 Å². The Balaban J connectivity index is 1.97. The first-order chi connectivity index (χ1) is 18.1. The van der Waals surface area contributed by atoms with Gasteiger partial charge in [0, 0.05) is 30.7 Å². The largest absolute Gasteiger partial charge is 0.492 e. The number of hydrogen-bond acceptors (Lipinski definition) is 8. The number of hydrogen-bond donors (Lipinski definition) is 1. The fourth-order valence-corrected chi connectivity index (χ4v) is 6.38. The maximum atomic E-state index is 14.1. The lowest BCUT2D eigenvalue weighted by Crippen LogP contribution is -2.45. The molecular weight excluding hydrogens is 525 g/mol. The molecule has 2 aromatic carbocycles. The van der Waals surface area contributed by atoms with Crippen LogP contribution in [0.15, 0.2) is 71.9 Å². The quantitative estimate of drug-likeness (QED) is 0.184. The molecule has 3 aromatic rings. The van der Waals surface area contributed by atoms with Crippen LogP contribution in [0.2, 0.25) is 0 Å². The maximum Gasteiger partial charge on any atom is 0.342 e. The van der Waals surface area contributed by atoms with Gasteiger partial charge < -0.3 is 14.8 Å². The Labute approximate surface area is 225 Å². The molecule has 0 atom stereocenters. The molecule has 0 saturated carbocycles. The Kier molecular flexibility index (Phi) is 9.94. The van der Waals surface area contributed by atoms with E-state index in [1.54, 1.807) is 49.6 Å². The minimum atomic E-state index is -4.37. The van der Waals surface area contributed by atoms with Crippen LogP contribution in [0, 0.1) is 6.92 Å². The van der Waals surface area contributed by atoms with Gasteiger partial charge in [0.2, 0.25) is 0 Å². The Hall–Kier alpha value is -3.36. The van der Waals surface area contributed by atoms with Crippen LogP contribution in [0.5, 0.6) is 11.5 Å². The summed E-state index contributed by atoms with van der Waals surface area (Å²) in [6, 6.07) is 14.9. The number of benzene rings is 2. The number of aryl methyl sites for hydroxylation is 1. The Morgan fingerprint density at radius 3 is 2.39 bits per heavy atom. The molecule has 0 spiro atoms. The monoisotopic (exact) mass is 559 g/mol. The normalized spacial score (nSPS) is 11.6. The van der Waals surface area contributed by atoms with Crippen molar-refractivity contribution in [2.24, 2.45) is 0 Å². The van der Waals surface area contributed by atoms with Crippen LogP contribution in [0.25, 0.3) is 0 Å². The zero-order valence-corrected chi connectivity index (χ0v) is 23.8. The van der Waals surface area contributed by atoms with E-state index in [1.807, 2.05) is 19.1 Å². The van der Waals surface area contributed by atoms with Crippen LogP contribution in [0.4, 0.5) is 11.4 Å². The third-order valence-corrected chi connectivity index (χ3v) is 8.99. The number of pyridine rings is 1. The fraction of sp³-hybridized carbons (Fsp3) is 0.370. The van der Waals surface area contributed by atoms with Crippen LogP contribution >= 0.6 is 7.68 Å². The van der Waals surface area contributed by atoms with Crippen LogP contribution in [0.1, 0.15) is 39.2 Å². The van der Waals surface area contributed by atoms with Crippen molar-refractivity contribution in [1.29, 1.82) is 0 Å². The van der Waals surface area contributed by atoms with Crippen molar-refractivity contribution < 1.29 is 27.0 Å². The molecule has 0 amide bonds. The number of unbranched alkanes of at least 4 members (excludes halogenated alkanes) is 1. The van der Waals surface area contributed by atoms with Crippen LogP contribution in [-0.2, 0) is 19.2 Å².